The first-order valence-electron chi connectivity index (χ1n) is 14.3. The van der Waals surface area contributed by atoms with Crippen LogP contribution in [0.1, 0.15) is 30.7 Å². The van der Waals surface area contributed by atoms with Crippen molar-refractivity contribution >= 4 is 75.4 Å². The van der Waals surface area contributed by atoms with Crippen molar-refractivity contribution in [3.05, 3.63) is 99.7 Å². The SMILES string of the molecule is CCOC(=O)N(C(C)=O)c1ccc(C=CC(=O)NCC(=O)N(C)c2ccc(Cl)c(COc3cccc4ccc(C)nc34)c2Cl)cc1. The van der Waals surface area contributed by atoms with Crippen molar-refractivity contribution in [2.75, 3.05) is 30.0 Å². The summed E-state index contributed by atoms with van der Waals surface area (Å²) in [5.41, 5.74) is 3.43. The Hall–Kier alpha value is -4.93. The number of aromatic nitrogens is 1. The molecule has 10 nitrogen and oxygen atoms in total. The van der Waals surface area contributed by atoms with Crippen molar-refractivity contribution in [2.24, 2.45) is 0 Å². The summed E-state index contributed by atoms with van der Waals surface area (Å²) in [6.07, 6.45) is 2.03. The molecule has 0 saturated carbocycles. The number of imide groups is 1. The van der Waals surface area contributed by atoms with Crippen molar-refractivity contribution in [2.45, 2.75) is 27.4 Å². The standard InChI is InChI=1S/C34H32Cl2N4O6/c1-5-45-34(44)40(22(3)41)25-14-10-23(11-15-25)12-18-30(42)37-19-31(43)39(4)28-17-16-27(35)26(32(28)36)20-46-29-8-6-7-24-13-9-21(2)38-33(24)29/h6-18H,5,19-20H2,1-4H3,(H,37,42). The van der Waals surface area contributed by atoms with Crippen LogP contribution in [0.15, 0.2) is 72.8 Å². The predicted octanol–water partition coefficient (Wildman–Crippen LogP) is 6.73. The quantitative estimate of drug-likeness (QED) is 0.187. The van der Waals surface area contributed by atoms with Gasteiger partial charge in [0.05, 0.1) is 29.5 Å². The normalized spacial score (nSPS) is 10.9. The lowest BCUT2D eigenvalue weighted by atomic mass is 10.1. The van der Waals surface area contributed by atoms with E-state index in [1.54, 1.807) is 50.4 Å². The van der Waals surface area contributed by atoms with Crippen molar-refractivity contribution in [1.29, 1.82) is 0 Å². The van der Waals surface area contributed by atoms with Crippen LogP contribution in [-0.4, -0.2) is 49.0 Å². The monoisotopic (exact) mass is 662 g/mol. The third-order valence-electron chi connectivity index (χ3n) is 6.85. The molecular weight excluding hydrogens is 631 g/mol. The molecule has 1 N–H and O–H groups in total. The maximum absolute atomic E-state index is 13.0. The lowest BCUT2D eigenvalue weighted by Gasteiger charge is -2.21. The minimum absolute atomic E-state index is 0.0421. The fourth-order valence-corrected chi connectivity index (χ4v) is 5.05. The molecule has 0 aliphatic carbocycles. The first-order valence-corrected chi connectivity index (χ1v) is 15.0. The van der Waals surface area contributed by atoms with Crippen LogP contribution in [0.2, 0.25) is 10.0 Å². The van der Waals surface area contributed by atoms with Gasteiger partial charge >= 0.3 is 6.09 Å². The number of amides is 4. The van der Waals surface area contributed by atoms with Crippen LogP contribution in [-0.2, 0) is 25.7 Å². The number of anilines is 2. The number of pyridine rings is 1. The Morgan fingerprint density at radius 3 is 2.41 bits per heavy atom. The highest BCUT2D eigenvalue weighted by molar-refractivity contribution is 6.38. The zero-order valence-electron chi connectivity index (χ0n) is 25.7. The highest BCUT2D eigenvalue weighted by atomic mass is 35.5. The number of fused-ring (bicyclic) bond motifs is 1. The number of ether oxygens (including phenoxy) is 2. The molecule has 1 heterocycles. The Labute approximate surface area is 276 Å². The molecule has 0 spiro atoms. The van der Waals surface area contributed by atoms with E-state index >= 15 is 0 Å². The van der Waals surface area contributed by atoms with Gasteiger partial charge in [0.2, 0.25) is 17.7 Å². The van der Waals surface area contributed by atoms with E-state index in [9.17, 15) is 19.2 Å². The second-order valence-corrected chi connectivity index (χ2v) is 10.9. The highest BCUT2D eigenvalue weighted by Gasteiger charge is 2.22. The van der Waals surface area contributed by atoms with E-state index in [0.717, 1.165) is 16.0 Å². The van der Waals surface area contributed by atoms with Crippen LogP contribution < -0.4 is 19.9 Å². The molecule has 238 valence electrons. The van der Waals surface area contributed by atoms with Gasteiger partial charge in [0.1, 0.15) is 17.9 Å². The van der Waals surface area contributed by atoms with Gasteiger partial charge in [0.15, 0.2) is 0 Å². The third kappa shape index (κ3) is 8.21. The maximum atomic E-state index is 13.0. The van der Waals surface area contributed by atoms with E-state index in [1.807, 2.05) is 37.3 Å². The first-order chi connectivity index (χ1) is 22.0. The van der Waals surface area contributed by atoms with Gasteiger partial charge in [-0.2, -0.15) is 0 Å². The molecule has 0 radical (unpaired) electrons. The van der Waals surface area contributed by atoms with Crippen molar-refractivity contribution < 1.29 is 28.7 Å². The number of benzene rings is 3. The molecule has 0 bridgehead atoms. The average molecular weight is 664 g/mol. The number of nitrogens with zero attached hydrogens (tertiary/aromatic N) is 3. The summed E-state index contributed by atoms with van der Waals surface area (Å²) in [4.78, 5) is 56.3. The number of hydrogen-bond donors (Lipinski definition) is 1. The number of aryl methyl sites for hydroxylation is 1. The summed E-state index contributed by atoms with van der Waals surface area (Å²) in [6, 6.07) is 19.2. The van der Waals surface area contributed by atoms with E-state index in [1.165, 1.54) is 24.0 Å². The molecule has 0 atom stereocenters. The Morgan fingerprint density at radius 1 is 0.978 bits per heavy atom. The summed E-state index contributed by atoms with van der Waals surface area (Å²) >= 11 is 13.2. The Balaban J connectivity index is 1.37. The van der Waals surface area contributed by atoms with Gasteiger partial charge in [-0.15, -0.1) is 0 Å². The smallest absolute Gasteiger partial charge is 0.421 e. The molecule has 4 aromatic rings. The van der Waals surface area contributed by atoms with E-state index in [2.05, 4.69) is 10.3 Å². The van der Waals surface area contributed by atoms with Crippen molar-refractivity contribution in [1.82, 2.24) is 10.3 Å². The molecule has 0 fully saturated rings. The molecule has 12 heteroatoms. The zero-order chi connectivity index (χ0) is 33.4. The van der Waals surface area contributed by atoms with Crippen molar-refractivity contribution in [3.8, 4) is 5.75 Å². The van der Waals surface area contributed by atoms with Gasteiger partial charge in [0, 0.05) is 41.7 Å². The van der Waals surface area contributed by atoms with Gasteiger partial charge in [-0.3, -0.25) is 14.4 Å². The highest BCUT2D eigenvalue weighted by Crippen LogP contribution is 2.35. The molecule has 1 aromatic heterocycles. The number of carbonyl (C=O) groups is 4. The number of hydrogen-bond acceptors (Lipinski definition) is 7. The third-order valence-corrected chi connectivity index (χ3v) is 7.63. The molecular formula is C34H32Cl2N4O6. The van der Waals surface area contributed by atoms with E-state index in [0.29, 0.717) is 38.8 Å². The lowest BCUT2D eigenvalue weighted by molar-refractivity contribution is -0.122. The van der Waals surface area contributed by atoms with Crippen LogP contribution in [0, 0.1) is 6.92 Å². The summed E-state index contributed by atoms with van der Waals surface area (Å²) in [6.45, 7) is 4.68. The minimum Gasteiger partial charge on any atom is -0.487 e. The molecule has 4 rings (SSSR count). The van der Waals surface area contributed by atoms with E-state index in [-0.39, 0.29) is 24.8 Å². The first kappa shape index (κ1) is 34.0. The van der Waals surface area contributed by atoms with Crippen molar-refractivity contribution in [3.63, 3.8) is 0 Å². The Morgan fingerprint density at radius 2 is 1.72 bits per heavy atom. The molecule has 0 saturated heterocycles. The number of rotatable bonds is 10. The van der Waals surface area contributed by atoms with E-state index < -0.39 is 23.8 Å². The number of para-hydroxylation sites is 1. The Kier molecular flexibility index (Phi) is 11.3. The summed E-state index contributed by atoms with van der Waals surface area (Å²) in [5.74, 6) is -0.838. The lowest BCUT2D eigenvalue weighted by Crippen LogP contribution is -2.37. The molecule has 46 heavy (non-hydrogen) atoms. The van der Waals surface area contributed by atoms with E-state index in [4.69, 9.17) is 32.7 Å². The molecule has 0 unspecified atom stereocenters. The zero-order valence-corrected chi connectivity index (χ0v) is 27.2. The molecule has 0 aliphatic rings. The topological polar surface area (TPSA) is 118 Å². The maximum Gasteiger partial charge on any atom is 0.421 e. The molecule has 0 aliphatic heterocycles. The number of halogens is 2. The van der Waals surface area contributed by atoms with Crippen LogP contribution in [0.3, 0.4) is 0 Å². The second kappa shape index (κ2) is 15.4. The molecule has 3 aromatic carbocycles. The summed E-state index contributed by atoms with van der Waals surface area (Å²) < 4.78 is 11.0. The van der Waals surface area contributed by atoms with Gasteiger partial charge < -0.3 is 19.7 Å². The Bertz CT molecular complexity index is 1810. The summed E-state index contributed by atoms with van der Waals surface area (Å²) in [7, 11) is 1.55. The van der Waals surface area contributed by atoms with Gasteiger partial charge in [0.25, 0.3) is 0 Å². The number of likely N-dealkylation sites (N-methyl/N-ethyl adjacent to an activating group) is 1. The van der Waals surface area contributed by atoms with Crippen LogP contribution >= 0.6 is 23.2 Å². The minimum atomic E-state index is -0.773. The largest absolute Gasteiger partial charge is 0.487 e. The van der Waals surface area contributed by atoms with Crippen LogP contribution in [0.5, 0.6) is 5.75 Å². The molecule has 4 amide bonds. The van der Waals surface area contributed by atoms with Gasteiger partial charge in [-0.1, -0.05) is 53.5 Å². The predicted molar refractivity (Wildman–Crippen MR) is 179 cm³/mol. The van der Waals surface area contributed by atoms with Crippen LogP contribution in [0.25, 0.3) is 17.0 Å². The number of carbonyl (C=O) groups excluding carboxylic acids is 4. The fraction of sp³-hybridized carbons (Fsp3) is 0.206. The number of nitrogens with one attached hydrogen (secondary N) is 1. The summed E-state index contributed by atoms with van der Waals surface area (Å²) in [5, 5.41) is 4.11. The second-order valence-electron chi connectivity index (χ2n) is 10.1. The van der Waals surface area contributed by atoms with Gasteiger partial charge in [-0.25, -0.2) is 14.7 Å². The fourth-order valence-electron chi connectivity index (χ4n) is 4.45. The van der Waals surface area contributed by atoms with Gasteiger partial charge in [-0.05, 0) is 61.9 Å². The van der Waals surface area contributed by atoms with Crippen LogP contribution in [0.4, 0.5) is 16.2 Å². The average Bonchev–Trinajstić information content (AvgIpc) is 3.03.